The van der Waals surface area contributed by atoms with Gasteiger partial charge in [0, 0.05) is 17.7 Å². The molecular formula is C27H21N3O7S. The quantitative estimate of drug-likeness (QED) is 0.113. The maximum atomic E-state index is 13.4. The van der Waals surface area contributed by atoms with E-state index in [1.807, 2.05) is 6.92 Å². The zero-order chi connectivity index (χ0) is 27.0. The van der Waals surface area contributed by atoms with Crippen LogP contribution in [0.4, 0.5) is 10.8 Å². The Hall–Kier alpha value is -4.77. The number of nitrogens with zero attached hydrogens (tertiary/aromatic N) is 3. The van der Waals surface area contributed by atoms with E-state index in [1.165, 1.54) is 47.6 Å². The molecule has 0 radical (unpaired) electrons. The summed E-state index contributed by atoms with van der Waals surface area (Å²) in [5.74, 6) is -0.946. The van der Waals surface area contributed by atoms with Gasteiger partial charge in [-0.05, 0) is 67.1 Å². The SMILES string of the molecule is CCOc1ccc2nc(N3C(=O)C(=O)/C(=C(/O)c4ccc(OC)cc4)C3c3ccc([N+](=O)[O-])cc3)sc2c1. The van der Waals surface area contributed by atoms with Crippen LogP contribution in [0, 0.1) is 10.1 Å². The van der Waals surface area contributed by atoms with E-state index >= 15 is 0 Å². The molecule has 38 heavy (non-hydrogen) atoms. The van der Waals surface area contributed by atoms with E-state index in [9.17, 15) is 24.8 Å². The van der Waals surface area contributed by atoms with Gasteiger partial charge < -0.3 is 14.6 Å². The minimum Gasteiger partial charge on any atom is -0.507 e. The number of methoxy groups -OCH3 is 1. The van der Waals surface area contributed by atoms with Gasteiger partial charge in [0.2, 0.25) is 0 Å². The predicted octanol–water partition coefficient (Wildman–Crippen LogP) is 5.24. The third-order valence-electron chi connectivity index (χ3n) is 6.09. The van der Waals surface area contributed by atoms with Gasteiger partial charge in [-0.3, -0.25) is 24.6 Å². The normalized spacial score (nSPS) is 16.7. The number of amides is 1. The first kappa shape index (κ1) is 24.9. The van der Waals surface area contributed by atoms with Crippen molar-refractivity contribution in [3.63, 3.8) is 0 Å². The van der Waals surface area contributed by atoms with Gasteiger partial charge in [0.1, 0.15) is 17.3 Å². The van der Waals surface area contributed by atoms with Crippen molar-refractivity contribution in [2.75, 3.05) is 18.6 Å². The van der Waals surface area contributed by atoms with Crippen LogP contribution in [0.5, 0.6) is 11.5 Å². The van der Waals surface area contributed by atoms with Crippen molar-refractivity contribution in [3.05, 3.63) is 93.5 Å². The minimum atomic E-state index is -1.06. The van der Waals surface area contributed by atoms with Crippen LogP contribution in [0.2, 0.25) is 0 Å². The highest BCUT2D eigenvalue weighted by Gasteiger charge is 2.48. The summed E-state index contributed by atoms with van der Waals surface area (Å²) in [6, 6.07) is 16.1. The average Bonchev–Trinajstić information content (AvgIpc) is 3.46. The van der Waals surface area contributed by atoms with Crippen molar-refractivity contribution in [1.82, 2.24) is 4.98 Å². The number of aliphatic hydroxyl groups excluding tert-OH is 1. The third-order valence-corrected chi connectivity index (χ3v) is 7.11. The second-order valence-corrected chi connectivity index (χ2v) is 9.31. The summed E-state index contributed by atoms with van der Waals surface area (Å²) in [6.07, 6.45) is 0. The van der Waals surface area contributed by atoms with Gasteiger partial charge in [-0.25, -0.2) is 4.98 Å². The molecule has 1 aromatic heterocycles. The molecule has 11 heteroatoms. The number of aliphatic hydroxyl groups is 1. The van der Waals surface area contributed by atoms with E-state index in [4.69, 9.17) is 9.47 Å². The lowest BCUT2D eigenvalue weighted by Crippen LogP contribution is -2.29. The van der Waals surface area contributed by atoms with Gasteiger partial charge in [0.25, 0.3) is 11.5 Å². The molecule has 1 unspecified atom stereocenters. The number of carbonyl (C=O) groups excluding carboxylic acids is 2. The maximum absolute atomic E-state index is 13.4. The van der Waals surface area contributed by atoms with Gasteiger partial charge in [-0.1, -0.05) is 11.3 Å². The van der Waals surface area contributed by atoms with E-state index in [-0.39, 0.29) is 22.2 Å². The molecule has 0 bridgehead atoms. The first-order chi connectivity index (χ1) is 18.3. The number of ketones is 1. The number of Topliss-reactive ketones (excluding diaryl/α,β-unsaturated/α-hetero) is 1. The number of benzene rings is 3. The molecule has 1 fully saturated rings. The fraction of sp³-hybridized carbons (Fsp3) is 0.148. The molecule has 1 amide bonds. The number of hydrogen-bond acceptors (Lipinski definition) is 9. The number of fused-ring (bicyclic) bond motifs is 1. The fourth-order valence-corrected chi connectivity index (χ4v) is 5.30. The fourth-order valence-electron chi connectivity index (χ4n) is 4.28. The highest BCUT2D eigenvalue weighted by Crippen LogP contribution is 2.45. The van der Waals surface area contributed by atoms with Crippen LogP contribution in [-0.2, 0) is 9.59 Å². The average molecular weight is 532 g/mol. The number of nitro groups is 1. The topological polar surface area (TPSA) is 132 Å². The zero-order valence-corrected chi connectivity index (χ0v) is 21.1. The van der Waals surface area contributed by atoms with E-state index in [0.717, 1.165) is 4.70 Å². The summed E-state index contributed by atoms with van der Waals surface area (Å²) in [4.78, 5) is 43.2. The van der Waals surface area contributed by atoms with Crippen molar-refractivity contribution in [2.24, 2.45) is 0 Å². The molecule has 1 aliphatic heterocycles. The van der Waals surface area contributed by atoms with Crippen molar-refractivity contribution < 1.29 is 29.1 Å². The van der Waals surface area contributed by atoms with E-state index in [2.05, 4.69) is 4.98 Å². The number of rotatable bonds is 7. The number of hydrogen-bond donors (Lipinski definition) is 1. The summed E-state index contributed by atoms with van der Waals surface area (Å²) in [7, 11) is 1.50. The van der Waals surface area contributed by atoms with Crippen LogP contribution in [0.25, 0.3) is 16.0 Å². The van der Waals surface area contributed by atoms with Gasteiger partial charge in [0.15, 0.2) is 5.13 Å². The highest BCUT2D eigenvalue weighted by atomic mass is 32.1. The molecule has 1 saturated heterocycles. The monoisotopic (exact) mass is 531 g/mol. The van der Waals surface area contributed by atoms with E-state index < -0.39 is 22.7 Å². The Bertz CT molecular complexity index is 1590. The second kappa shape index (κ2) is 9.94. The Labute approximate surface area is 220 Å². The molecule has 5 rings (SSSR count). The molecule has 2 heterocycles. The molecule has 1 aliphatic rings. The van der Waals surface area contributed by atoms with Crippen molar-refractivity contribution in [1.29, 1.82) is 0 Å². The van der Waals surface area contributed by atoms with Crippen LogP contribution in [0.1, 0.15) is 24.1 Å². The molecule has 0 spiro atoms. The predicted molar refractivity (Wildman–Crippen MR) is 142 cm³/mol. The number of ether oxygens (including phenoxy) is 2. The maximum Gasteiger partial charge on any atom is 0.301 e. The van der Waals surface area contributed by atoms with Crippen molar-refractivity contribution >= 4 is 49.8 Å². The molecule has 0 aliphatic carbocycles. The van der Waals surface area contributed by atoms with E-state index in [0.29, 0.717) is 34.7 Å². The molecule has 10 nitrogen and oxygen atoms in total. The lowest BCUT2D eigenvalue weighted by atomic mass is 9.95. The van der Waals surface area contributed by atoms with Gasteiger partial charge in [0.05, 0.1) is 40.5 Å². The molecule has 3 aromatic carbocycles. The molecular weight excluding hydrogens is 510 g/mol. The minimum absolute atomic E-state index is 0.149. The zero-order valence-electron chi connectivity index (χ0n) is 20.3. The molecule has 4 aromatic rings. The first-order valence-electron chi connectivity index (χ1n) is 11.6. The summed E-state index contributed by atoms with van der Waals surface area (Å²) < 4.78 is 11.5. The number of non-ortho nitro benzene ring substituents is 1. The van der Waals surface area contributed by atoms with Crippen LogP contribution in [0.3, 0.4) is 0 Å². The molecule has 0 saturated carbocycles. The number of aromatic nitrogens is 1. The number of anilines is 1. The Kier molecular flexibility index (Phi) is 6.52. The van der Waals surface area contributed by atoms with Crippen molar-refractivity contribution in [2.45, 2.75) is 13.0 Å². The van der Waals surface area contributed by atoms with Crippen LogP contribution >= 0.6 is 11.3 Å². The first-order valence-corrected chi connectivity index (χ1v) is 12.4. The molecule has 1 atom stereocenters. The lowest BCUT2D eigenvalue weighted by Gasteiger charge is -2.22. The summed E-state index contributed by atoms with van der Waals surface area (Å²) in [5.41, 5.74) is 1.01. The van der Waals surface area contributed by atoms with Gasteiger partial charge in [-0.15, -0.1) is 0 Å². The number of nitro benzene ring substituents is 1. The molecule has 1 N–H and O–H groups in total. The van der Waals surface area contributed by atoms with E-state index in [1.54, 1.807) is 42.5 Å². The third kappa shape index (κ3) is 4.33. The Morgan fingerprint density at radius 1 is 1.08 bits per heavy atom. The smallest absolute Gasteiger partial charge is 0.301 e. The lowest BCUT2D eigenvalue weighted by molar-refractivity contribution is -0.384. The number of thiazole rings is 1. The van der Waals surface area contributed by atoms with Crippen LogP contribution in [0.15, 0.2) is 72.3 Å². The standard InChI is InChI=1S/C27H21N3O7S/c1-3-37-19-12-13-20-21(14-19)38-27(28-20)29-23(15-4-8-17(9-5-15)30(34)35)22(25(32)26(29)33)24(31)16-6-10-18(36-2)11-7-16/h4-14,23,31H,3H2,1-2H3/b24-22+. The highest BCUT2D eigenvalue weighted by molar-refractivity contribution is 7.22. The van der Waals surface area contributed by atoms with Crippen molar-refractivity contribution in [3.8, 4) is 11.5 Å². The second-order valence-electron chi connectivity index (χ2n) is 8.31. The van der Waals surface area contributed by atoms with Gasteiger partial charge in [-0.2, -0.15) is 0 Å². The van der Waals surface area contributed by atoms with Crippen LogP contribution in [-0.4, -0.2) is 40.4 Å². The Morgan fingerprint density at radius 3 is 2.39 bits per heavy atom. The summed E-state index contributed by atoms with van der Waals surface area (Å²) >= 11 is 1.19. The number of carbonyl (C=O) groups is 2. The summed E-state index contributed by atoms with van der Waals surface area (Å²) in [6.45, 7) is 2.35. The summed E-state index contributed by atoms with van der Waals surface area (Å²) in [5, 5.41) is 22.7. The Balaban J connectivity index is 1.68. The Morgan fingerprint density at radius 2 is 1.76 bits per heavy atom. The van der Waals surface area contributed by atoms with Gasteiger partial charge >= 0.3 is 5.91 Å². The van der Waals surface area contributed by atoms with Crippen LogP contribution < -0.4 is 14.4 Å². The largest absolute Gasteiger partial charge is 0.507 e. The molecule has 192 valence electrons.